The maximum atomic E-state index is 11.8. The van der Waals surface area contributed by atoms with Crippen molar-refractivity contribution >= 4 is 11.7 Å². The standard InChI is InChI=1S/C11H19NO2/c1-3-10(13)8-9-6-5-7-12(4-2)11(9)14/h9H,3-8H2,1-2H3. The third-order valence-electron chi connectivity index (χ3n) is 2.89. The van der Waals surface area contributed by atoms with Crippen molar-refractivity contribution in [2.75, 3.05) is 13.1 Å². The van der Waals surface area contributed by atoms with Gasteiger partial charge in [0.15, 0.2) is 0 Å². The fourth-order valence-electron chi connectivity index (χ4n) is 1.94. The van der Waals surface area contributed by atoms with Crippen LogP contribution in [0.2, 0.25) is 0 Å². The number of amides is 1. The smallest absolute Gasteiger partial charge is 0.226 e. The summed E-state index contributed by atoms with van der Waals surface area (Å²) in [5.41, 5.74) is 0. The van der Waals surface area contributed by atoms with Crippen molar-refractivity contribution in [2.45, 2.75) is 39.5 Å². The van der Waals surface area contributed by atoms with E-state index in [0.717, 1.165) is 25.9 Å². The Balaban J connectivity index is 2.52. The molecule has 0 aromatic heterocycles. The van der Waals surface area contributed by atoms with Gasteiger partial charge in [0, 0.05) is 31.8 Å². The van der Waals surface area contributed by atoms with Crippen LogP contribution in [0, 0.1) is 5.92 Å². The topological polar surface area (TPSA) is 37.4 Å². The SMILES string of the molecule is CCC(=O)CC1CCCN(CC)C1=O. The van der Waals surface area contributed by atoms with Crippen LogP contribution in [0.5, 0.6) is 0 Å². The number of rotatable bonds is 4. The van der Waals surface area contributed by atoms with Crippen molar-refractivity contribution in [1.29, 1.82) is 0 Å². The van der Waals surface area contributed by atoms with E-state index >= 15 is 0 Å². The fraction of sp³-hybridized carbons (Fsp3) is 0.818. The second-order valence-corrected chi connectivity index (χ2v) is 3.85. The minimum Gasteiger partial charge on any atom is -0.343 e. The van der Waals surface area contributed by atoms with Crippen molar-refractivity contribution in [1.82, 2.24) is 4.90 Å². The molecule has 14 heavy (non-hydrogen) atoms. The molecule has 80 valence electrons. The molecular formula is C11H19NO2. The molecule has 1 rings (SSSR count). The summed E-state index contributed by atoms with van der Waals surface area (Å²) in [6.07, 6.45) is 2.93. The van der Waals surface area contributed by atoms with Crippen molar-refractivity contribution < 1.29 is 9.59 Å². The Kier molecular flexibility index (Phi) is 4.11. The van der Waals surface area contributed by atoms with Crippen molar-refractivity contribution in [3.8, 4) is 0 Å². The molecule has 0 aromatic carbocycles. The largest absolute Gasteiger partial charge is 0.343 e. The lowest BCUT2D eigenvalue weighted by molar-refractivity contribution is -0.140. The van der Waals surface area contributed by atoms with Gasteiger partial charge < -0.3 is 4.90 Å². The number of Topliss-reactive ketones (excluding diaryl/α,β-unsaturated/α-hetero) is 1. The first-order valence-electron chi connectivity index (χ1n) is 5.49. The number of carbonyl (C=O) groups excluding carboxylic acids is 2. The summed E-state index contributed by atoms with van der Waals surface area (Å²) in [5, 5.41) is 0. The van der Waals surface area contributed by atoms with Gasteiger partial charge in [-0.3, -0.25) is 9.59 Å². The van der Waals surface area contributed by atoms with Crippen molar-refractivity contribution in [3.05, 3.63) is 0 Å². The molecular weight excluding hydrogens is 178 g/mol. The van der Waals surface area contributed by atoms with Crippen LogP contribution in [0.1, 0.15) is 39.5 Å². The number of piperidine rings is 1. The number of ketones is 1. The second-order valence-electron chi connectivity index (χ2n) is 3.85. The first-order chi connectivity index (χ1) is 6.69. The average molecular weight is 197 g/mol. The average Bonchev–Trinajstić information content (AvgIpc) is 2.21. The summed E-state index contributed by atoms with van der Waals surface area (Å²) in [4.78, 5) is 24.9. The highest BCUT2D eigenvalue weighted by Crippen LogP contribution is 2.21. The highest BCUT2D eigenvalue weighted by atomic mass is 16.2. The monoisotopic (exact) mass is 197 g/mol. The summed E-state index contributed by atoms with van der Waals surface area (Å²) in [6.45, 7) is 5.48. The van der Waals surface area contributed by atoms with Crippen LogP contribution in [-0.2, 0) is 9.59 Å². The normalized spacial score (nSPS) is 22.6. The van der Waals surface area contributed by atoms with Crippen molar-refractivity contribution in [2.24, 2.45) is 5.92 Å². The van der Waals surface area contributed by atoms with E-state index in [1.165, 1.54) is 0 Å². The predicted molar refractivity (Wildman–Crippen MR) is 54.9 cm³/mol. The minimum atomic E-state index is -0.0313. The lowest BCUT2D eigenvalue weighted by Gasteiger charge is -2.31. The Bertz CT molecular complexity index is 225. The number of hydrogen-bond donors (Lipinski definition) is 0. The third-order valence-corrected chi connectivity index (χ3v) is 2.89. The molecule has 3 heteroatoms. The van der Waals surface area contributed by atoms with E-state index in [4.69, 9.17) is 0 Å². The van der Waals surface area contributed by atoms with Gasteiger partial charge in [-0.1, -0.05) is 6.92 Å². The van der Waals surface area contributed by atoms with Gasteiger partial charge in [-0.05, 0) is 19.8 Å². The number of hydrogen-bond acceptors (Lipinski definition) is 2. The van der Waals surface area contributed by atoms with Gasteiger partial charge in [-0.25, -0.2) is 0 Å². The molecule has 1 atom stereocenters. The predicted octanol–water partition coefficient (Wildman–Crippen LogP) is 1.61. The van der Waals surface area contributed by atoms with Gasteiger partial charge >= 0.3 is 0 Å². The molecule has 0 bridgehead atoms. The molecule has 0 radical (unpaired) electrons. The van der Waals surface area contributed by atoms with E-state index in [2.05, 4.69) is 0 Å². The van der Waals surface area contributed by atoms with Crippen LogP contribution in [0.4, 0.5) is 0 Å². The molecule has 1 aliphatic heterocycles. The van der Waals surface area contributed by atoms with E-state index in [1.54, 1.807) is 0 Å². The van der Waals surface area contributed by atoms with Crippen LogP contribution in [0.15, 0.2) is 0 Å². The fourth-order valence-corrected chi connectivity index (χ4v) is 1.94. The first-order valence-corrected chi connectivity index (χ1v) is 5.49. The summed E-state index contributed by atoms with van der Waals surface area (Å²) >= 11 is 0. The van der Waals surface area contributed by atoms with Gasteiger partial charge in [0.2, 0.25) is 5.91 Å². The Hall–Kier alpha value is -0.860. The summed E-state index contributed by atoms with van der Waals surface area (Å²) < 4.78 is 0. The minimum absolute atomic E-state index is 0.0313. The zero-order valence-electron chi connectivity index (χ0n) is 9.08. The van der Waals surface area contributed by atoms with E-state index in [9.17, 15) is 9.59 Å². The molecule has 1 fully saturated rings. The highest BCUT2D eigenvalue weighted by Gasteiger charge is 2.28. The van der Waals surface area contributed by atoms with Gasteiger partial charge in [0.05, 0.1) is 0 Å². The molecule has 1 heterocycles. The van der Waals surface area contributed by atoms with Crippen LogP contribution in [0.3, 0.4) is 0 Å². The van der Waals surface area contributed by atoms with Gasteiger partial charge in [0.1, 0.15) is 5.78 Å². The maximum Gasteiger partial charge on any atom is 0.226 e. The maximum absolute atomic E-state index is 11.8. The zero-order valence-corrected chi connectivity index (χ0v) is 9.08. The van der Waals surface area contributed by atoms with Crippen molar-refractivity contribution in [3.63, 3.8) is 0 Å². The lowest BCUT2D eigenvalue weighted by atomic mass is 9.91. The molecule has 1 unspecified atom stereocenters. The second kappa shape index (κ2) is 5.13. The summed E-state index contributed by atoms with van der Waals surface area (Å²) in [6, 6.07) is 0. The molecule has 1 aliphatic rings. The Morgan fingerprint density at radius 3 is 2.79 bits per heavy atom. The van der Waals surface area contributed by atoms with E-state index in [0.29, 0.717) is 12.8 Å². The number of nitrogens with zero attached hydrogens (tertiary/aromatic N) is 1. The summed E-state index contributed by atoms with van der Waals surface area (Å²) in [7, 11) is 0. The van der Waals surface area contributed by atoms with Crippen LogP contribution in [-0.4, -0.2) is 29.7 Å². The zero-order chi connectivity index (χ0) is 10.6. The lowest BCUT2D eigenvalue weighted by Crippen LogP contribution is -2.41. The molecule has 1 amide bonds. The van der Waals surface area contributed by atoms with E-state index in [-0.39, 0.29) is 17.6 Å². The summed E-state index contributed by atoms with van der Waals surface area (Å²) in [5.74, 6) is 0.359. The van der Waals surface area contributed by atoms with Gasteiger partial charge in [-0.15, -0.1) is 0 Å². The van der Waals surface area contributed by atoms with E-state index in [1.807, 2.05) is 18.7 Å². The molecule has 0 saturated carbocycles. The Morgan fingerprint density at radius 2 is 2.21 bits per heavy atom. The highest BCUT2D eigenvalue weighted by molar-refractivity contribution is 5.87. The molecule has 0 aliphatic carbocycles. The molecule has 0 spiro atoms. The van der Waals surface area contributed by atoms with Crippen LogP contribution in [0.25, 0.3) is 0 Å². The van der Waals surface area contributed by atoms with E-state index < -0.39 is 0 Å². The Morgan fingerprint density at radius 1 is 1.50 bits per heavy atom. The third kappa shape index (κ3) is 2.56. The van der Waals surface area contributed by atoms with Gasteiger partial charge in [0.25, 0.3) is 0 Å². The molecule has 3 nitrogen and oxygen atoms in total. The molecule has 1 saturated heterocycles. The van der Waals surface area contributed by atoms with Crippen LogP contribution < -0.4 is 0 Å². The molecule has 0 N–H and O–H groups in total. The van der Waals surface area contributed by atoms with Gasteiger partial charge in [-0.2, -0.15) is 0 Å². The molecule has 0 aromatic rings. The number of likely N-dealkylation sites (tertiary alicyclic amines) is 1. The quantitative estimate of drug-likeness (QED) is 0.686. The Labute approximate surface area is 85.5 Å². The number of carbonyl (C=O) groups is 2. The first kappa shape index (κ1) is 11.2. The van der Waals surface area contributed by atoms with Crippen LogP contribution >= 0.6 is 0 Å².